The number of rotatable bonds is 14. The summed E-state index contributed by atoms with van der Waals surface area (Å²) in [4.78, 5) is 21.3. The molecule has 2 heterocycles. The second kappa shape index (κ2) is 21.1. The Balaban J connectivity index is 0.00000422. The van der Waals surface area contributed by atoms with Crippen LogP contribution in [0.1, 0.15) is 11.1 Å². The van der Waals surface area contributed by atoms with Crippen LogP contribution in [0.5, 0.6) is 0 Å². The fourth-order valence-electron chi connectivity index (χ4n) is 5.02. The van der Waals surface area contributed by atoms with Gasteiger partial charge >= 0.3 is 103 Å². The van der Waals surface area contributed by atoms with Crippen molar-refractivity contribution < 1.29 is 155 Å². The van der Waals surface area contributed by atoms with Crippen molar-refractivity contribution in [3.8, 4) is 0 Å². The van der Waals surface area contributed by atoms with Gasteiger partial charge in [-0.3, -0.25) is 9.11 Å². The van der Waals surface area contributed by atoms with Crippen LogP contribution in [0.15, 0.2) is 105 Å². The molecule has 4 aromatic carbocycles. The molecule has 0 fully saturated rings. The molecule has 6 N–H and O–H groups in total. The van der Waals surface area contributed by atoms with Crippen molar-refractivity contribution in [3.05, 3.63) is 107 Å². The molecule has 0 aliphatic carbocycles. The Hall–Kier alpha value is -2.67. The summed E-state index contributed by atoms with van der Waals surface area (Å²) in [6, 6.07) is 16.8. The van der Waals surface area contributed by atoms with E-state index in [0.29, 0.717) is 0 Å². The molecule has 30 heteroatoms. The van der Waals surface area contributed by atoms with Gasteiger partial charge in [-0.2, -0.15) is 46.7 Å². The smallest absolute Gasteiger partial charge is 0.744 e. The summed E-state index contributed by atoms with van der Waals surface area (Å²) in [5, 5.41) is 9.99. The largest absolute Gasteiger partial charge is 1.00 e. The number of anilines is 8. The minimum Gasteiger partial charge on any atom is -0.744 e. The van der Waals surface area contributed by atoms with Gasteiger partial charge in [0.05, 0.1) is 19.6 Å². The van der Waals surface area contributed by atoms with Crippen molar-refractivity contribution in [2.45, 2.75) is 19.6 Å². The second-order valence-electron chi connectivity index (χ2n) is 11.8. The monoisotopic (exact) mass is 1010 g/mol. The molecule has 0 saturated carbocycles. The van der Waals surface area contributed by atoms with Gasteiger partial charge in [0.2, 0.25) is 34.4 Å². The molecule has 0 amide bonds. The first-order valence-electron chi connectivity index (χ1n) is 15.9. The molecule has 6 rings (SSSR count). The van der Waals surface area contributed by atoms with Crippen LogP contribution in [0.4, 0.5) is 46.5 Å². The number of nitrogens with one attached hydrogen (secondary N) is 4. The van der Waals surface area contributed by atoms with Crippen molar-refractivity contribution in [2.75, 3.05) is 21.3 Å². The van der Waals surface area contributed by atoms with E-state index < -0.39 is 60.1 Å². The summed E-state index contributed by atoms with van der Waals surface area (Å²) in [6.45, 7) is 0. The zero-order valence-electron chi connectivity index (χ0n) is 31.3. The normalized spacial score (nSPS) is 11.9. The first kappa shape index (κ1) is 52.0. The average Bonchev–Trinajstić information content (AvgIpc) is 3.13. The number of hydrogen-bond donors (Lipinski definition) is 6. The third kappa shape index (κ3) is 14.4. The van der Waals surface area contributed by atoms with Gasteiger partial charge in [-0.05, 0) is 95.0 Å². The van der Waals surface area contributed by atoms with E-state index in [4.69, 9.17) is 23.2 Å². The minimum atomic E-state index is -5.21. The molecule has 0 aliphatic heterocycles. The number of nitrogens with zero attached hydrogens (tertiary/aromatic N) is 6. The van der Waals surface area contributed by atoms with Crippen molar-refractivity contribution in [1.82, 2.24) is 29.9 Å². The number of benzene rings is 4. The van der Waals surface area contributed by atoms with Crippen LogP contribution in [-0.2, 0) is 40.5 Å². The fraction of sp³-hybridized carbons (Fsp3) is 0. The van der Waals surface area contributed by atoms with Gasteiger partial charge in [-0.1, -0.05) is 36.4 Å². The van der Waals surface area contributed by atoms with Crippen molar-refractivity contribution in [3.63, 3.8) is 0 Å². The van der Waals surface area contributed by atoms with Crippen LogP contribution >= 0.6 is 23.2 Å². The molecule has 0 radical (unpaired) electrons. The topological polar surface area (TPSA) is 349 Å². The fourth-order valence-corrected chi connectivity index (χ4v) is 7.79. The predicted octanol–water partition coefficient (Wildman–Crippen LogP) is -1.18. The first-order valence-corrected chi connectivity index (χ1v) is 22.4. The molecule has 0 aliphatic rings. The zero-order valence-corrected chi connectivity index (χ0v) is 42.3. The third-order valence-corrected chi connectivity index (χ3v) is 11.3. The summed E-state index contributed by atoms with van der Waals surface area (Å²) < 4.78 is 139. The van der Waals surface area contributed by atoms with E-state index in [1.54, 1.807) is 0 Å². The molecule has 6 aromatic rings. The van der Waals surface area contributed by atoms with Crippen molar-refractivity contribution in [1.29, 1.82) is 0 Å². The molecule has 0 bridgehead atoms. The molecule has 2 aromatic heterocycles. The number of hydrogen-bond acceptors (Lipinski definition) is 20. The van der Waals surface area contributed by atoms with Crippen LogP contribution < -0.4 is 124 Å². The molecular formula is C32H22Cl2K2N10O12S4. The van der Waals surface area contributed by atoms with E-state index in [1.165, 1.54) is 48.5 Å². The van der Waals surface area contributed by atoms with Crippen LogP contribution in [0.25, 0.3) is 12.2 Å². The number of halogens is 2. The Morgan fingerprint density at radius 2 is 0.774 bits per heavy atom. The first-order chi connectivity index (χ1) is 28.0. The standard InChI is InChI=1S/C32H24Cl2N10O12S4.2K/c33-27-39-29(35-19-3-1-5-23(13-19)57(45,46)47)43-31(41-27)37-21-11-9-17(25(15-21)59(51,52)53)7-8-18-10-12-22(16-26(18)60(54,55)56)38-32-42-28(34)40-30(44-32)36-20-4-2-6-24(14-20)58(48,49)50;;/h1-16H,(H,45,46,47)(H,48,49,50)(H,51,52,53)(H,54,55,56)(H2,35,37,39,41,43)(H2,36,38,40,42,44);;/q;2*+1/p-2. The van der Waals surface area contributed by atoms with E-state index >= 15 is 0 Å². The van der Waals surface area contributed by atoms with Crippen LogP contribution in [-0.4, -0.2) is 81.8 Å². The maximum atomic E-state index is 12.4. The molecule has 312 valence electrons. The molecule has 62 heavy (non-hydrogen) atoms. The minimum absolute atomic E-state index is 0. The molecule has 0 atom stereocenters. The van der Waals surface area contributed by atoms with Crippen molar-refractivity contribution in [2.24, 2.45) is 0 Å². The van der Waals surface area contributed by atoms with Gasteiger partial charge in [0.15, 0.2) is 0 Å². The Labute approximate surface area is 447 Å². The van der Waals surface area contributed by atoms with Gasteiger partial charge in [-0.15, -0.1) is 0 Å². The SMILES string of the molecule is O=S(=O)([O-])c1cc(Nc2nc(Cl)nc(Nc3cccc(S(=O)(=O)O)c3)n2)ccc1C=Cc1ccc(Nc2nc(Cl)nc(Nc3cccc(S(=O)(=O)O)c3)n2)cc1S(=O)(=O)[O-].[K+].[K+]. The van der Waals surface area contributed by atoms with Crippen LogP contribution in [0.3, 0.4) is 0 Å². The maximum absolute atomic E-state index is 12.4. The predicted molar refractivity (Wildman–Crippen MR) is 213 cm³/mol. The molecular weight excluding hydrogens is 994 g/mol. The Morgan fingerprint density at radius 1 is 0.468 bits per heavy atom. The summed E-state index contributed by atoms with van der Waals surface area (Å²) in [5.41, 5.74) is -0.245. The van der Waals surface area contributed by atoms with Gasteiger partial charge in [-0.25, -0.2) is 16.8 Å². The second-order valence-corrected chi connectivity index (χ2v) is 18.0. The summed E-state index contributed by atoms with van der Waals surface area (Å²) >= 11 is 12.0. The van der Waals surface area contributed by atoms with Crippen LogP contribution in [0, 0.1) is 0 Å². The van der Waals surface area contributed by atoms with Gasteiger partial charge in [0, 0.05) is 22.7 Å². The summed E-state index contributed by atoms with van der Waals surface area (Å²) in [7, 11) is -19.5. The third-order valence-electron chi connectivity index (χ3n) is 7.51. The van der Waals surface area contributed by atoms with Crippen LogP contribution in [0.2, 0.25) is 10.6 Å². The number of aromatic nitrogens is 6. The Bertz CT molecular complexity index is 2970. The molecule has 0 spiro atoms. The summed E-state index contributed by atoms with van der Waals surface area (Å²) in [6.07, 6.45) is 2.16. The molecule has 22 nitrogen and oxygen atoms in total. The van der Waals surface area contributed by atoms with Gasteiger partial charge in [0.1, 0.15) is 20.2 Å². The Kier molecular flexibility index (Phi) is 17.7. The molecule has 0 saturated heterocycles. The summed E-state index contributed by atoms with van der Waals surface area (Å²) in [5.74, 6) is -0.907. The van der Waals surface area contributed by atoms with Crippen molar-refractivity contribution >= 4 is 122 Å². The van der Waals surface area contributed by atoms with E-state index in [-0.39, 0.29) is 171 Å². The Morgan fingerprint density at radius 3 is 1.06 bits per heavy atom. The maximum Gasteiger partial charge on any atom is 1.00 e. The van der Waals surface area contributed by atoms with Gasteiger partial charge in [0.25, 0.3) is 20.2 Å². The molecule has 0 unspecified atom stereocenters. The van der Waals surface area contributed by atoms with Gasteiger partial charge < -0.3 is 30.4 Å². The quantitative estimate of drug-likeness (QED) is 0.0425. The zero-order chi connectivity index (χ0) is 43.6. The van der Waals surface area contributed by atoms with E-state index in [0.717, 1.165) is 48.6 Å². The van der Waals surface area contributed by atoms with E-state index in [2.05, 4.69) is 51.2 Å². The van der Waals surface area contributed by atoms with E-state index in [1.807, 2.05) is 0 Å². The average molecular weight is 1020 g/mol. The van der Waals surface area contributed by atoms with E-state index in [9.17, 15) is 51.9 Å².